The quantitative estimate of drug-likeness (QED) is 0.747. The molecule has 0 unspecified atom stereocenters. The van der Waals surface area contributed by atoms with E-state index in [4.69, 9.17) is 9.84 Å². The third-order valence-electron chi connectivity index (χ3n) is 2.76. The van der Waals surface area contributed by atoms with Gasteiger partial charge in [0, 0.05) is 23.2 Å². The van der Waals surface area contributed by atoms with Crippen molar-refractivity contribution >= 4 is 22.8 Å². The molecular weight excluding hydrogens is 248 g/mol. The van der Waals surface area contributed by atoms with Crippen LogP contribution in [0.15, 0.2) is 24.4 Å². The molecule has 0 spiro atoms. The Morgan fingerprint density at radius 3 is 2.89 bits per heavy atom. The van der Waals surface area contributed by atoms with Crippen LogP contribution in [0.4, 0.5) is 0 Å². The second kappa shape index (κ2) is 5.43. The summed E-state index contributed by atoms with van der Waals surface area (Å²) in [4.78, 5) is 25.0. The lowest BCUT2D eigenvalue weighted by molar-refractivity contribution is -0.137. The fourth-order valence-electron chi connectivity index (χ4n) is 1.85. The molecule has 6 heteroatoms. The Bertz CT molecular complexity index is 618. The number of carboxylic acid groups (broad SMARTS) is 1. The van der Waals surface area contributed by atoms with Gasteiger partial charge in [-0.15, -0.1) is 0 Å². The molecule has 0 saturated carbocycles. The van der Waals surface area contributed by atoms with Crippen LogP contribution in [-0.4, -0.2) is 35.6 Å². The molecule has 0 bridgehead atoms. The van der Waals surface area contributed by atoms with E-state index in [1.807, 2.05) is 18.2 Å². The van der Waals surface area contributed by atoms with Crippen molar-refractivity contribution in [1.29, 1.82) is 0 Å². The average Bonchev–Trinajstić information content (AvgIpc) is 2.78. The third-order valence-corrected chi connectivity index (χ3v) is 2.76. The number of carboxylic acids is 1. The minimum absolute atomic E-state index is 0.139. The van der Waals surface area contributed by atoms with Gasteiger partial charge in [0.1, 0.15) is 12.3 Å². The van der Waals surface area contributed by atoms with Gasteiger partial charge < -0.3 is 20.1 Å². The number of ether oxygens (including phenoxy) is 1. The molecule has 6 nitrogen and oxygen atoms in total. The van der Waals surface area contributed by atoms with Crippen molar-refractivity contribution < 1.29 is 19.4 Å². The molecule has 0 aliphatic heterocycles. The first-order valence-electron chi connectivity index (χ1n) is 5.72. The highest BCUT2D eigenvalue weighted by Gasteiger charge is 2.10. The summed E-state index contributed by atoms with van der Waals surface area (Å²) in [5, 5.41) is 11.7. The molecule has 1 heterocycles. The number of aliphatic carboxylic acids is 1. The molecular formula is C13H14N2O4. The van der Waals surface area contributed by atoms with Crippen molar-refractivity contribution in [2.45, 2.75) is 6.42 Å². The van der Waals surface area contributed by atoms with Gasteiger partial charge in [-0.25, -0.2) is 0 Å². The summed E-state index contributed by atoms with van der Waals surface area (Å²) in [5.74, 6) is -0.646. The van der Waals surface area contributed by atoms with E-state index in [0.29, 0.717) is 0 Å². The first kappa shape index (κ1) is 12.9. The summed E-state index contributed by atoms with van der Waals surface area (Å²) >= 11 is 0. The fraction of sp³-hybridized carbons (Fsp3) is 0.231. The standard InChI is InChI=1S/C13H14N2O4/c1-19-9-2-3-10-8(6-14-11(10)5-9)4-12(16)15-7-13(17)18/h2-3,5-6,14H,4,7H2,1H3,(H,15,16)(H,17,18). The molecule has 0 aliphatic rings. The molecule has 1 aromatic carbocycles. The molecule has 0 saturated heterocycles. The summed E-state index contributed by atoms with van der Waals surface area (Å²) in [6.07, 6.45) is 1.88. The predicted octanol–water partition coefficient (Wildman–Crippen LogP) is 0.920. The lowest BCUT2D eigenvalue weighted by Crippen LogP contribution is -2.30. The van der Waals surface area contributed by atoms with E-state index < -0.39 is 5.97 Å². The summed E-state index contributed by atoms with van der Waals surface area (Å²) < 4.78 is 5.11. The van der Waals surface area contributed by atoms with Crippen molar-refractivity contribution in [2.24, 2.45) is 0 Å². The maximum absolute atomic E-state index is 11.6. The highest BCUT2D eigenvalue weighted by atomic mass is 16.5. The van der Waals surface area contributed by atoms with E-state index in [-0.39, 0.29) is 18.9 Å². The van der Waals surface area contributed by atoms with E-state index >= 15 is 0 Å². The number of amides is 1. The molecule has 0 atom stereocenters. The van der Waals surface area contributed by atoms with E-state index in [2.05, 4.69) is 10.3 Å². The van der Waals surface area contributed by atoms with Crippen LogP contribution < -0.4 is 10.1 Å². The van der Waals surface area contributed by atoms with Crippen LogP contribution in [0.25, 0.3) is 10.9 Å². The molecule has 100 valence electrons. The Kier molecular flexibility index (Phi) is 3.70. The number of aromatic amines is 1. The topological polar surface area (TPSA) is 91.4 Å². The molecule has 19 heavy (non-hydrogen) atoms. The normalized spacial score (nSPS) is 10.4. The lowest BCUT2D eigenvalue weighted by Gasteiger charge is -2.02. The highest BCUT2D eigenvalue weighted by molar-refractivity contribution is 5.90. The third kappa shape index (κ3) is 3.04. The largest absolute Gasteiger partial charge is 0.497 e. The molecule has 0 fully saturated rings. The van der Waals surface area contributed by atoms with Crippen molar-refractivity contribution in [2.75, 3.05) is 13.7 Å². The Morgan fingerprint density at radius 2 is 2.21 bits per heavy atom. The van der Waals surface area contributed by atoms with E-state index in [0.717, 1.165) is 22.2 Å². The number of H-pyrrole nitrogens is 1. The Labute approximate surface area is 109 Å². The Balaban J connectivity index is 2.13. The first-order chi connectivity index (χ1) is 9.10. The molecule has 0 aliphatic carbocycles. The van der Waals surface area contributed by atoms with Crippen LogP contribution in [-0.2, 0) is 16.0 Å². The molecule has 1 amide bonds. The number of nitrogens with one attached hydrogen (secondary N) is 2. The number of hydrogen-bond donors (Lipinski definition) is 3. The van der Waals surface area contributed by atoms with Crippen LogP contribution in [0.2, 0.25) is 0 Å². The van der Waals surface area contributed by atoms with Crippen LogP contribution in [0, 0.1) is 0 Å². The number of hydrogen-bond acceptors (Lipinski definition) is 3. The van der Waals surface area contributed by atoms with Crippen molar-refractivity contribution in [3.63, 3.8) is 0 Å². The lowest BCUT2D eigenvalue weighted by atomic mass is 10.1. The number of rotatable bonds is 5. The van der Waals surface area contributed by atoms with Gasteiger partial charge in [0.25, 0.3) is 0 Å². The number of carbonyl (C=O) groups is 2. The first-order valence-corrected chi connectivity index (χ1v) is 5.72. The fourth-order valence-corrected chi connectivity index (χ4v) is 1.85. The highest BCUT2D eigenvalue weighted by Crippen LogP contribution is 2.23. The van der Waals surface area contributed by atoms with Gasteiger partial charge in [-0.05, 0) is 17.7 Å². The molecule has 2 rings (SSSR count). The van der Waals surface area contributed by atoms with E-state index in [1.165, 1.54) is 0 Å². The minimum atomic E-state index is -1.06. The number of aromatic nitrogens is 1. The smallest absolute Gasteiger partial charge is 0.322 e. The molecule has 0 radical (unpaired) electrons. The van der Waals surface area contributed by atoms with Crippen LogP contribution in [0.3, 0.4) is 0 Å². The molecule has 3 N–H and O–H groups in total. The SMILES string of the molecule is COc1ccc2c(CC(=O)NCC(=O)O)c[nH]c2c1. The van der Waals surface area contributed by atoms with Crippen LogP contribution >= 0.6 is 0 Å². The predicted molar refractivity (Wildman–Crippen MR) is 69.2 cm³/mol. The zero-order valence-electron chi connectivity index (χ0n) is 10.4. The van der Waals surface area contributed by atoms with E-state index in [9.17, 15) is 9.59 Å². The molecule has 1 aromatic heterocycles. The van der Waals surface area contributed by atoms with Gasteiger partial charge in [0.05, 0.1) is 13.5 Å². The van der Waals surface area contributed by atoms with Crippen molar-refractivity contribution in [3.05, 3.63) is 30.0 Å². The van der Waals surface area contributed by atoms with Gasteiger partial charge >= 0.3 is 5.97 Å². The Hall–Kier alpha value is -2.50. The number of carbonyl (C=O) groups excluding carboxylic acids is 1. The number of methoxy groups -OCH3 is 1. The van der Waals surface area contributed by atoms with E-state index in [1.54, 1.807) is 13.3 Å². The van der Waals surface area contributed by atoms with Gasteiger partial charge in [0.2, 0.25) is 5.91 Å². The molecule has 2 aromatic rings. The van der Waals surface area contributed by atoms with Gasteiger partial charge in [0.15, 0.2) is 0 Å². The van der Waals surface area contributed by atoms with Crippen LogP contribution in [0.1, 0.15) is 5.56 Å². The summed E-state index contributed by atoms with van der Waals surface area (Å²) in [7, 11) is 1.59. The monoisotopic (exact) mass is 262 g/mol. The van der Waals surface area contributed by atoms with Gasteiger partial charge in [-0.3, -0.25) is 9.59 Å². The summed E-state index contributed by atoms with van der Waals surface area (Å²) in [5.41, 5.74) is 1.70. The van der Waals surface area contributed by atoms with Crippen LogP contribution in [0.5, 0.6) is 5.75 Å². The maximum atomic E-state index is 11.6. The summed E-state index contributed by atoms with van der Waals surface area (Å²) in [6.45, 7) is -0.366. The second-order valence-corrected chi connectivity index (χ2v) is 4.07. The van der Waals surface area contributed by atoms with Gasteiger partial charge in [-0.1, -0.05) is 0 Å². The number of benzene rings is 1. The number of fused-ring (bicyclic) bond motifs is 1. The van der Waals surface area contributed by atoms with Crippen molar-refractivity contribution in [1.82, 2.24) is 10.3 Å². The minimum Gasteiger partial charge on any atom is -0.497 e. The maximum Gasteiger partial charge on any atom is 0.322 e. The van der Waals surface area contributed by atoms with Gasteiger partial charge in [-0.2, -0.15) is 0 Å². The second-order valence-electron chi connectivity index (χ2n) is 4.07. The Morgan fingerprint density at radius 1 is 1.42 bits per heavy atom. The summed E-state index contributed by atoms with van der Waals surface area (Å²) in [6, 6.07) is 5.52. The zero-order valence-corrected chi connectivity index (χ0v) is 10.4. The zero-order chi connectivity index (χ0) is 13.8. The average molecular weight is 262 g/mol. The van der Waals surface area contributed by atoms with Crippen molar-refractivity contribution in [3.8, 4) is 5.75 Å².